The molecule has 2 heterocycles. The fraction of sp³-hybridized carbons (Fsp3) is 0.900. The first kappa shape index (κ1) is 22.1. The molecule has 154 valence electrons. The van der Waals surface area contributed by atoms with E-state index in [0.29, 0.717) is 6.42 Å². The van der Waals surface area contributed by atoms with Crippen molar-refractivity contribution in [1.82, 2.24) is 10.1 Å². The summed E-state index contributed by atoms with van der Waals surface area (Å²) >= 11 is 0. The van der Waals surface area contributed by atoms with Crippen LogP contribution in [0.5, 0.6) is 0 Å². The summed E-state index contributed by atoms with van der Waals surface area (Å²) in [7, 11) is 0. The quantitative estimate of drug-likeness (QED) is 0.584. The van der Waals surface area contributed by atoms with Gasteiger partial charge in [0, 0.05) is 16.6 Å². The molecule has 0 spiro atoms. The van der Waals surface area contributed by atoms with Crippen molar-refractivity contribution in [3.05, 3.63) is 0 Å². The summed E-state index contributed by atoms with van der Waals surface area (Å²) in [5.74, 6) is -0.762. The van der Waals surface area contributed by atoms with E-state index in [0.717, 1.165) is 24.3 Å². The number of rotatable bonds is 3. The maximum absolute atomic E-state index is 13.1. The van der Waals surface area contributed by atoms with Gasteiger partial charge in [-0.1, -0.05) is 4.99 Å². The summed E-state index contributed by atoms with van der Waals surface area (Å²) in [4.78, 5) is 23.9. The molecule has 7 nitrogen and oxygen atoms in total. The van der Waals surface area contributed by atoms with Crippen LogP contribution in [-0.2, 0) is 14.7 Å². The van der Waals surface area contributed by atoms with Gasteiger partial charge < -0.3 is 5.21 Å². The summed E-state index contributed by atoms with van der Waals surface area (Å²) in [6.45, 7) is 15.3. The van der Waals surface area contributed by atoms with Crippen LogP contribution >= 0.6 is 0 Å². The molecule has 0 saturated carbocycles. The second-order valence-corrected chi connectivity index (χ2v) is 10.4. The van der Waals surface area contributed by atoms with Crippen LogP contribution < -0.4 is 0 Å². The molecule has 7 heteroatoms. The molecule has 0 aromatic rings. The van der Waals surface area contributed by atoms with E-state index in [1.807, 2.05) is 41.5 Å². The zero-order valence-electron chi connectivity index (χ0n) is 18.0. The van der Waals surface area contributed by atoms with E-state index in [9.17, 15) is 15.3 Å². The molecule has 27 heavy (non-hydrogen) atoms. The Morgan fingerprint density at radius 1 is 0.926 bits per heavy atom. The van der Waals surface area contributed by atoms with Crippen LogP contribution in [0.1, 0.15) is 87.5 Å². The fourth-order valence-electron chi connectivity index (χ4n) is 4.75. The van der Waals surface area contributed by atoms with Crippen molar-refractivity contribution < 1.29 is 19.9 Å². The second kappa shape index (κ2) is 6.70. The van der Waals surface area contributed by atoms with Crippen LogP contribution in [0.2, 0.25) is 0 Å². The minimum absolute atomic E-state index is 0.287. The molecule has 1 atom stereocenters. The lowest BCUT2D eigenvalue weighted by Gasteiger charge is -2.55. The molecule has 1 unspecified atom stereocenters. The summed E-state index contributed by atoms with van der Waals surface area (Å²) < 4.78 is 0. The lowest BCUT2D eigenvalue weighted by atomic mass is 9.63. The Labute approximate surface area is 163 Å². The second-order valence-electron chi connectivity index (χ2n) is 10.4. The number of carbonyl (C=O) groups is 1. The molecule has 2 aliphatic rings. The largest absolute Gasteiger partial charge is 0.366 e. The smallest absolute Gasteiger partial charge is 0.313 e. The van der Waals surface area contributed by atoms with Crippen LogP contribution in [0.25, 0.3) is 0 Å². The maximum atomic E-state index is 13.1. The fourth-order valence-corrected chi connectivity index (χ4v) is 4.75. The standard InChI is InChI=1S/C20H35N3O4/c1-16(2)12-13-20(14-21,19(7,8)22(16)25)15(24)26-27-23-17(3,4)10-9-11-18(23,5)6/h25H,9-13H2,1-8H3. The van der Waals surface area contributed by atoms with Crippen molar-refractivity contribution in [1.29, 1.82) is 5.26 Å². The molecule has 0 bridgehead atoms. The van der Waals surface area contributed by atoms with Gasteiger partial charge in [-0.05, 0) is 87.5 Å². The van der Waals surface area contributed by atoms with Crippen molar-refractivity contribution in [2.75, 3.05) is 0 Å². The lowest BCUT2D eigenvalue weighted by molar-refractivity contribution is -0.454. The highest BCUT2D eigenvalue weighted by atomic mass is 17.3. The molecule has 2 rings (SSSR count). The van der Waals surface area contributed by atoms with Gasteiger partial charge in [0.15, 0.2) is 5.41 Å². The predicted octanol–water partition coefficient (Wildman–Crippen LogP) is 3.97. The average Bonchev–Trinajstić information content (AvgIpc) is 2.52. The zero-order chi connectivity index (χ0) is 20.9. The third-order valence-corrected chi connectivity index (χ3v) is 6.66. The van der Waals surface area contributed by atoms with E-state index < -0.39 is 22.5 Å². The molecule has 0 aromatic carbocycles. The molecule has 2 aliphatic heterocycles. The number of hydrogen-bond acceptors (Lipinski definition) is 7. The number of nitrogens with zero attached hydrogens (tertiary/aromatic N) is 3. The molecular formula is C20H35N3O4. The van der Waals surface area contributed by atoms with Crippen LogP contribution in [0.3, 0.4) is 0 Å². The Hall–Kier alpha value is -1.20. The number of hydroxylamine groups is 4. The molecule has 2 saturated heterocycles. The van der Waals surface area contributed by atoms with Gasteiger partial charge >= 0.3 is 5.97 Å². The number of nitriles is 1. The summed E-state index contributed by atoms with van der Waals surface area (Å²) in [6, 6.07) is 2.13. The van der Waals surface area contributed by atoms with E-state index >= 15 is 0 Å². The minimum Gasteiger partial charge on any atom is -0.313 e. The third-order valence-electron chi connectivity index (χ3n) is 6.66. The number of piperidine rings is 2. The van der Waals surface area contributed by atoms with Gasteiger partial charge in [0.1, 0.15) is 0 Å². The molecule has 0 aromatic heterocycles. The van der Waals surface area contributed by atoms with Crippen molar-refractivity contribution in [3.63, 3.8) is 0 Å². The first-order valence-electron chi connectivity index (χ1n) is 9.74. The normalized spacial score (nSPS) is 32.4. The van der Waals surface area contributed by atoms with Crippen LogP contribution in [0.15, 0.2) is 0 Å². The molecule has 0 radical (unpaired) electrons. The molecule has 2 fully saturated rings. The Morgan fingerprint density at radius 2 is 1.44 bits per heavy atom. The van der Waals surface area contributed by atoms with Crippen LogP contribution in [0, 0.1) is 16.7 Å². The van der Waals surface area contributed by atoms with Gasteiger partial charge in [-0.25, -0.2) is 4.79 Å². The van der Waals surface area contributed by atoms with E-state index in [2.05, 4.69) is 6.07 Å². The Balaban J connectivity index is 2.24. The SMILES string of the molecule is CC1(C)CCCC(C)(C)N1OOC(=O)C1(C#N)CCC(C)(C)N(O)C1(C)C. The van der Waals surface area contributed by atoms with Gasteiger partial charge in [0.2, 0.25) is 0 Å². The summed E-state index contributed by atoms with van der Waals surface area (Å²) in [6.07, 6.45) is 3.67. The monoisotopic (exact) mass is 381 g/mol. The highest BCUT2D eigenvalue weighted by molar-refractivity contribution is 5.81. The zero-order valence-corrected chi connectivity index (χ0v) is 18.0. The number of hydrogen-bond donors (Lipinski definition) is 1. The summed E-state index contributed by atoms with van der Waals surface area (Å²) in [5, 5.41) is 23.4. The predicted molar refractivity (Wildman–Crippen MR) is 100 cm³/mol. The van der Waals surface area contributed by atoms with Gasteiger partial charge in [-0.2, -0.15) is 10.3 Å². The van der Waals surface area contributed by atoms with Crippen molar-refractivity contribution in [3.8, 4) is 6.07 Å². The third kappa shape index (κ3) is 3.49. The van der Waals surface area contributed by atoms with E-state index in [4.69, 9.17) is 9.88 Å². The van der Waals surface area contributed by atoms with E-state index in [1.165, 1.54) is 0 Å². The summed E-state index contributed by atoms with van der Waals surface area (Å²) in [5.41, 5.74) is -3.79. The molecular weight excluding hydrogens is 346 g/mol. The number of carbonyl (C=O) groups excluding carboxylic acids is 1. The average molecular weight is 382 g/mol. The Morgan fingerprint density at radius 3 is 1.93 bits per heavy atom. The van der Waals surface area contributed by atoms with Gasteiger partial charge in [0.05, 0.1) is 11.6 Å². The highest BCUT2D eigenvalue weighted by Crippen LogP contribution is 2.49. The van der Waals surface area contributed by atoms with Gasteiger partial charge in [-0.15, -0.1) is 5.06 Å². The first-order chi connectivity index (χ1) is 12.1. The lowest BCUT2D eigenvalue weighted by Crippen LogP contribution is -2.68. The molecule has 0 aliphatic carbocycles. The van der Waals surface area contributed by atoms with Crippen LogP contribution in [0.4, 0.5) is 0 Å². The Kier molecular flexibility index (Phi) is 5.48. The molecule has 0 amide bonds. The van der Waals surface area contributed by atoms with Crippen molar-refractivity contribution in [2.24, 2.45) is 5.41 Å². The molecule has 1 N–H and O–H groups in total. The highest BCUT2D eigenvalue weighted by Gasteiger charge is 2.63. The van der Waals surface area contributed by atoms with Crippen LogP contribution in [-0.4, -0.2) is 43.5 Å². The maximum Gasteiger partial charge on any atom is 0.366 e. The topological polar surface area (TPSA) is 86.0 Å². The van der Waals surface area contributed by atoms with E-state index in [-0.39, 0.29) is 17.5 Å². The van der Waals surface area contributed by atoms with E-state index in [1.54, 1.807) is 18.9 Å². The van der Waals surface area contributed by atoms with Gasteiger partial charge in [-0.3, -0.25) is 4.89 Å². The minimum atomic E-state index is -1.53. The first-order valence-corrected chi connectivity index (χ1v) is 9.74. The van der Waals surface area contributed by atoms with Crippen molar-refractivity contribution in [2.45, 2.75) is 110 Å². The Bertz CT molecular complexity index is 620. The van der Waals surface area contributed by atoms with Gasteiger partial charge in [0.25, 0.3) is 0 Å². The van der Waals surface area contributed by atoms with Crippen molar-refractivity contribution >= 4 is 5.97 Å².